The molecule has 0 unspecified atom stereocenters. The molecule has 0 aliphatic rings. The van der Waals surface area contributed by atoms with Gasteiger partial charge in [-0.1, -0.05) is 37.3 Å². The second-order valence-electron chi connectivity index (χ2n) is 4.48. The first-order valence-corrected chi connectivity index (χ1v) is 6.98. The summed E-state index contributed by atoms with van der Waals surface area (Å²) in [5.41, 5.74) is 1.96. The van der Waals surface area contributed by atoms with Crippen LogP contribution in [0.3, 0.4) is 0 Å². The van der Waals surface area contributed by atoms with Crippen molar-refractivity contribution >= 4 is 23.0 Å². The Balaban J connectivity index is 1.97. The zero-order chi connectivity index (χ0) is 14.4. The largest absolute Gasteiger partial charge is 0.356 e. The monoisotopic (exact) mass is 288 g/mol. The van der Waals surface area contributed by atoms with E-state index in [1.54, 1.807) is 12.1 Å². The van der Waals surface area contributed by atoms with Crippen LogP contribution in [0.5, 0.6) is 0 Å². The average Bonchev–Trinajstić information content (AvgIpc) is 2.48. The summed E-state index contributed by atoms with van der Waals surface area (Å²) in [7, 11) is 0. The van der Waals surface area contributed by atoms with Crippen LogP contribution in [0.4, 0.5) is 10.1 Å². The molecule has 0 saturated carbocycles. The summed E-state index contributed by atoms with van der Waals surface area (Å²) in [6.07, 6.45) is 0.926. The van der Waals surface area contributed by atoms with Crippen molar-refractivity contribution in [1.82, 2.24) is 5.32 Å². The van der Waals surface area contributed by atoms with Crippen LogP contribution in [0.2, 0.25) is 0 Å². The highest BCUT2D eigenvalue weighted by Crippen LogP contribution is 2.16. The van der Waals surface area contributed by atoms with E-state index in [4.69, 9.17) is 12.2 Å². The number of benzene rings is 2. The van der Waals surface area contributed by atoms with Gasteiger partial charge in [-0.25, -0.2) is 4.39 Å². The van der Waals surface area contributed by atoms with Gasteiger partial charge in [0.15, 0.2) is 5.11 Å². The summed E-state index contributed by atoms with van der Waals surface area (Å²) in [4.78, 5) is 0. The molecule has 0 amide bonds. The van der Waals surface area contributed by atoms with Crippen molar-refractivity contribution in [3.63, 3.8) is 0 Å². The van der Waals surface area contributed by atoms with Gasteiger partial charge in [0.1, 0.15) is 5.82 Å². The lowest BCUT2D eigenvalue weighted by Crippen LogP contribution is -2.32. The van der Waals surface area contributed by atoms with E-state index in [9.17, 15) is 4.39 Å². The Morgan fingerprint density at radius 1 is 1.10 bits per heavy atom. The van der Waals surface area contributed by atoms with E-state index in [0.29, 0.717) is 5.11 Å². The topological polar surface area (TPSA) is 24.1 Å². The smallest absolute Gasteiger partial charge is 0.171 e. The quantitative estimate of drug-likeness (QED) is 0.822. The Hall–Kier alpha value is -1.94. The predicted molar refractivity (Wildman–Crippen MR) is 85.2 cm³/mol. The van der Waals surface area contributed by atoms with Crippen molar-refractivity contribution in [2.75, 3.05) is 5.32 Å². The van der Waals surface area contributed by atoms with Gasteiger partial charge in [0.2, 0.25) is 0 Å². The Bertz CT molecular complexity index is 554. The molecular formula is C16H17FN2S. The molecule has 0 heterocycles. The molecule has 104 valence electrons. The fourth-order valence-electron chi connectivity index (χ4n) is 1.97. The first-order chi connectivity index (χ1) is 9.69. The average molecular weight is 288 g/mol. The Morgan fingerprint density at radius 3 is 2.35 bits per heavy atom. The minimum atomic E-state index is -0.259. The molecule has 0 aliphatic carbocycles. The molecule has 2 rings (SSSR count). The van der Waals surface area contributed by atoms with Crippen LogP contribution >= 0.6 is 12.2 Å². The van der Waals surface area contributed by atoms with Gasteiger partial charge in [0, 0.05) is 5.69 Å². The van der Waals surface area contributed by atoms with E-state index < -0.39 is 0 Å². The zero-order valence-corrected chi connectivity index (χ0v) is 12.1. The number of rotatable bonds is 4. The Labute approximate surface area is 124 Å². The van der Waals surface area contributed by atoms with Gasteiger partial charge >= 0.3 is 0 Å². The van der Waals surface area contributed by atoms with Crippen molar-refractivity contribution in [2.24, 2.45) is 0 Å². The second kappa shape index (κ2) is 7.01. The normalized spacial score (nSPS) is 11.7. The van der Waals surface area contributed by atoms with E-state index in [0.717, 1.165) is 12.1 Å². The Kier molecular flexibility index (Phi) is 5.07. The first kappa shape index (κ1) is 14.5. The van der Waals surface area contributed by atoms with E-state index >= 15 is 0 Å². The Morgan fingerprint density at radius 2 is 1.75 bits per heavy atom. The van der Waals surface area contributed by atoms with Crippen LogP contribution < -0.4 is 10.6 Å². The van der Waals surface area contributed by atoms with E-state index in [1.807, 2.05) is 18.2 Å². The molecular weight excluding hydrogens is 271 g/mol. The summed E-state index contributed by atoms with van der Waals surface area (Å²) >= 11 is 5.30. The highest BCUT2D eigenvalue weighted by atomic mass is 32.1. The molecule has 0 aliphatic heterocycles. The van der Waals surface area contributed by atoms with Gasteiger partial charge in [-0.15, -0.1) is 0 Å². The van der Waals surface area contributed by atoms with Crippen LogP contribution in [0.1, 0.15) is 24.9 Å². The minimum Gasteiger partial charge on any atom is -0.356 e. The minimum absolute atomic E-state index is 0.164. The maximum Gasteiger partial charge on any atom is 0.171 e. The summed E-state index contributed by atoms with van der Waals surface area (Å²) < 4.78 is 12.8. The highest BCUT2D eigenvalue weighted by molar-refractivity contribution is 7.80. The van der Waals surface area contributed by atoms with Gasteiger partial charge in [-0.2, -0.15) is 0 Å². The molecule has 2 aromatic carbocycles. The third-order valence-corrected chi connectivity index (χ3v) is 3.24. The van der Waals surface area contributed by atoms with E-state index in [1.165, 1.54) is 17.7 Å². The van der Waals surface area contributed by atoms with Crippen LogP contribution in [-0.2, 0) is 0 Å². The summed E-state index contributed by atoms with van der Waals surface area (Å²) in [6.45, 7) is 2.10. The molecule has 0 saturated heterocycles. The fraction of sp³-hybridized carbons (Fsp3) is 0.188. The third kappa shape index (κ3) is 4.03. The number of nitrogens with one attached hydrogen (secondary N) is 2. The molecule has 1 atom stereocenters. The van der Waals surface area contributed by atoms with Gasteiger partial charge < -0.3 is 10.6 Å². The van der Waals surface area contributed by atoms with E-state index in [2.05, 4.69) is 29.7 Å². The van der Waals surface area contributed by atoms with Gasteiger partial charge in [-0.05, 0) is 48.5 Å². The number of hydrogen-bond acceptors (Lipinski definition) is 1. The summed E-state index contributed by atoms with van der Waals surface area (Å²) in [6, 6.07) is 16.4. The molecule has 0 aromatic heterocycles. The van der Waals surface area contributed by atoms with Crippen molar-refractivity contribution in [3.05, 3.63) is 66.0 Å². The van der Waals surface area contributed by atoms with Crippen LogP contribution in [0.15, 0.2) is 54.6 Å². The van der Waals surface area contributed by atoms with Crippen LogP contribution in [0.25, 0.3) is 0 Å². The first-order valence-electron chi connectivity index (χ1n) is 6.57. The maximum absolute atomic E-state index is 12.8. The third-order valence-electron chi connectivity index (χ3n) is 3.02. The molecule has 0 bridgehead atoms. The molecule has 0 radical (unpaired) electrons. The molecule has 2 aromatic rings. The van der Waals surface area contributed by atoms with Crippen LogP contribution in [-0.4, -0.2) is 5.11 Å². The second-order valence-corrected chi connectivity index (χ2v) is 4.89. The number of hydrogen-bond donors (Lipinski definition) is 2. The van der Waals surface area contributed by atoms with E-state index in [-0.39, 0.29) is 11.9 Å². The summed E-state index contributed by atoms with van der Waals surface area (Å²) in [5, 5.41) is 6.86. The number of thiocarbonyl (C=S) groups is 1. The van der Waals surface area contributed by atoms with Gasteiger partial charge in [-0.3, -0.25) is 0 Å². The number of anilines is 1. The standard InChI is InChI=1S/C16H17FN2S/c1-2-15(12-6-4-3-5-7-12)19-16(20)18-14-10-8-13(17)9-11-14/h3-11,15H,2H2,1H3,(H2,18,19,20)/t15-/m0/s1. The molecule has 0 fully saturated rings. The molecule has 0 spiro atoms. The molecule has 4 heteroatoms. The van der Waals surface area contributed by atoms with Crippen LogP contribution in [0, 0.1) is 5.82 Å². The lowest BCUT2D eigenvalue weighted by molar-refractivity contribution is 0.627. The summed E-state index contributed by atoms with van der Waals surface area (Å²) in [5.74, 6) is -0.259. The molecule has 2 N–H and O–H groups in total. The molecule has 20 heavy (non-hydrogen) atoms. The fourth-order valence-corrected chi connectivity index (χ4v) is 2.23. The lowest BCUT2D eigenvalue weighted by atomic mass is 10.1. The predicted octanol–water partition coefficient (Wildman–Crippen LogP) is 4.26. The van der Waals surface area contributed by atoms with Gasteiger partial charge in [0.05, 0.1) is 6.04 Å². The maximum atomic E-state index is 12.8. The zero-order valence-electron chi connectivity index (χ0n) is 11.3. The van der Waals surface area contributed by atoms with Crippen molar-refractivity contribution < 1.29 is 4.39 Å². The lowest BCUT2D eigenvalue weighted by Gasteiger charge is -2.20. The molecule has 2 nitrogen and oxygen atoms in total. The van der Waals surface area contributed by atoms with Crippen molar-refractivity contribution in [3.8, 4) is 0 Å². The highest BCUT2D eigenvalue weighted by Gasteiger charge is 2.09. The van der Waals surface area contributed by atoms with Gasteiger partial charge in [0.25, 0.3) is 0 Å². The SMILES string of the molecule is CC[C@H](NC(=S)Nc1ccc(F)cc1)c1ccccc1. The van der Waals surface area contributed by atoms with Crippen molar-refractivity contribution in [2.45, 2.75) is 19.4 Å². The van der Waals surface area contributed by atoms with Crippen molar-refractivity contribution in [1.29, 1.82) is 0 Å². The number of halogens is 1.